The fourth-order valence-corrected chi connectivity index (χ4v) is 1.89. The van der Waals surface area contributed by atoms with Crippen molar-refractivity contribution in [2.75, 3.05) is 13.2 Å². The average Bonchev–Trinajstić information content (AvgIpc) is 2.97. The fraction of sp³-hybridized carbons (Fsp3) is 0.312. The summed E-state index contributed by atoms with van der Waals surface area (Å²) in [5, 5.41) is 11.4. The number of aliphatic hydroxyl groups excluding tert-OH is 1. The first kappa shape index (κ1) is 14.3. The molecule has 2 aromatic rings. The van der Waals surface area contributed by atoms with Gasteiger partial charge in [-0.15, -0.1) is 0 Å². The van der Waals surface area contributed by atoms with Crippen molar-refractivity contribution in [2.45, 2.75) is 19.8 Å². The molecule has 0 fully saturated rings. The van der Waals surface area contributed by atoms with Crippen molar-refractivity contribution in [3.63, 3.8) is 0 Å². The highest BCUT2D eigenvalue weighted by atomic mass is 16.3. The van der Waals surface area contributed by atoms with Crippen molar-refractivity contribution < 1.29 is 14.3 Å². The van der Waals surface area contributed by atoms with Crippen molar-refractivity contribution in [3.05, 3.63) is 47.7 Å². The molecular weight excluding hydrogens is 254 g/mol. The number of hydrogen-bond acceptors (Lipinski definition) is 3. The molecule has 1 aromatic heterocycles. The van der Waals surface area contributed by atoms with Gasteiger partial charge in [0.05, 0.1) is 0 Å². The highest BCUT2D eigenvalue weighted by molar-refractivity contribution is 5.92. The van der Waals surface area contributed by atoms with E-state index in [2.05, 4.69) is 24.4 Å². The van der Waals surface area contributed by atoms with Crippen molar-refractivity contribution in [1.29, 1.82) is 0 Å². The molecule has 0 bridgehead atoms. The minimum absolute atomic E-state index is 0.0630. The minimum atomic E-state index is -0.255. The maximum atomic E-state index is 11.8. The van der Waals surface area contributed by atoms with E-state index < -0.39 is 0 Å². The molecule has 0 atom stereocenters. The lowest BCUT2D eigenvalue weighted by Gasteiger charge is -2.01. The molecule has 0 spiro atoms. The Morgan fingerprint density at radius 3 is 2.60 bits per heavy atom. The van der Waals surface area contributed by atoms with Gasteiger partial charge in [-0.2, -0.15) is 0 Å². The number of benzene rings is 1. The smallest absolute Gasteiger partial charge is 0.287 e. The Morgan fingerprint density at radius 1 is 1.20 bits per heavy atom. The summed E-state index contributed by atoms with van der Waals surface area (Å²) in [6.45, 7) is 2.61. The lowest BCUT2D eigenvalue weighted by atomic mass is 10.1. The van der Waals surface area contributed by atoms with Crippen LogP contribution in [0.5, 0.6) is 0 Å². The van der Waals surface area contributed by atoms with E-state index in [1.807, 2.05) is 12.1 Å². The second kappa shape index (κ2) is 6.91. The van der Waals surface area contributed by atoms with Crippen LogP contribution in [0.4, 0.5) is 0 Å². The topological polar surface area (TPSA) is 62.5 Å². The molecule has 0 aliphatic heterocycles. The maximum Gasteiger partial charge on any atom is 0.287 e. The molecule has 4 heteroatoms. The number of hydrogen-bond donors (Lipinski definition) is 2. The zero-order valence-electron chi connectivity index (χ0n) is 11.6. The van der Waals surface area contributed by atoms with E-state index in [0.29, 0.717) is 18.7 Å². The van der Waals surface area contributed by atoms with Crippen LogP contribution < -0.4 is 5.32 Å². The molecule has 2 rings (SSSR count). The van der Waals surface area contributed by atoms with Crippen molar-refractivity contribution in [3.8, 4) is 11.3 Å². The van der Waals surface area contributed by atoms with Crippen LogP contribution in [0.1, 0.15) is 29.5 Å². The van der Waals surface area contributed by atoms with Crippen LogP contribution in [0.25, 0.3) is 11.3 Å². The summed E-state index contributed by atoms with van der Waals surface area (Å²) in [4.78, 5) is 11.8. The molecule has 1 amide bonds. The van der Waals surface area contributed by atoms with Gasteiger partial charge in [0.1, 0.15) is 5.76 Å². The number of rotatable bonds is 6. The Hall–Kier alpha value is -2.07. The third-order valence-electron chi connectivity index (χ3n) is 3.10. The van der Waals surface area contributed by atoms with Gasteiger partial charge in [-0.05, 0) is 30.5 Å². The van der Waals surface area contributed by atoms with Crippen LogP contribution in [0.2, 0.25) is 0 Å². The number of carbonyl (C=O) groups excluding carboxylic acids is 1. The molecule has 0 unspecified atom stereocenters. The molecule has 0 saturated heterocycles. The second-order valence-corrected chi connectivity index (χ2v) is 4.55. The van der Waals surface area contributed by atoms with Gasteiger partial charge in [-0.3, -0.25) is 4.79 Å². The van der Waals surface area contributed by atoms with Gasteiger partial charge in [-0.1, -0.05) is 31.2 Å². The van der Waals surface area contributed by atoms with Crippen LogP contribution in [0.15, 0.2) is 40.8 Å². The highest BCUT2D eigenvalue weighted by Crippen LogP contribution is 2.22. The van der Waals surface area contributed by atoms with Crippen LogP contribution in [0, 0.1) is 0 Å². The second-order valence-electron chi connectivity index (χ2n) is 4.55. The van der Waals surface area contributed by atoms with E-state index in [1.165, 1.54) is 5.56 Å². The zero-order valence-corrected chi connectivity index (χ0v) is 11.6. The zero-order chi connectivity index (χ0) is 14.4. The van der Waals surface area contributed by atoms with Crippen LogP contribution >= 0.6 is 0 Å². The van der Waals surface area contributed by atoms with Gasteiger partial charge in [0.25, 0.3) is 5.91 Å². The number of carbonyl (C=O) groups is 1. The van der Waals surface area contributed by atoms with E-state index in [4.69, 9.17) is 9.52 Å². The number of amides is 1. The molecule has 20 heavy (non-hydrogen) atoms. The first-order valence-corrected chi connectivity index (χ1v) is 6.82. The standard InChI is InChI=1S/C16H19NO3/c1-2-12-4-6-13(7-5-12)14-8-9-15(20-14)16(19)17-10-3-11-18/h4-9,18H,2-3,10-11H2,1H3,(H,17,19). The summed E-state index contributed by atoms with van der Waals surface area (Å²) >= 11 is 0. The lowest BCUT2D eigenvalue weighted by molar-refractivity contribution is 0.0924. The Labute approximate surface area is 118 Å². The average molecular weight is 273 g/mol. The van der Waals surface area contributed by atoms with Crippen LogP contribution in [0.3, 0.4) is 0 Å². The van der Waals surface area contributed by atoms with E-state index in [0.717, 1.165) is 12.0 Å². The SMILES string of the molecule is CCc1ccc(-c2ccc(C(=O)NCCCO)o2)cc1. The third-order valence-corrected chi connectivity index (χ3v) is 3.10. The molecule has 0 aliphatic carbocycles. The Bertz CT molecular complexity index is 557. The van der Waals surface area contributed by atoms with Crippen molar-refractivity contribution in [1.82, 2.24) is 5.32 Å². The first-order valence-electron chi connectivity index (χ1n) is 6.82. The predicted octanol–water partition coefficient (Wildman–Crippen LogP) is 2.62. The molecule has 2 N–H and O–H groups in total. The van der Waals surface area contributed by atoms with Gasteiger partial charge in [-0.25, -0.2) is 0 Å². The van der Waals surface area contributed by atoms with Crippen molar-refractivity contribution in [2.24, 2.45) is 0 Å². The summed E-state index contributed by atoms with van der Waals surface area (Å²) in [6.07, 6.45) is 1.54. The van der Waals surface area contributed by atoms with Gasteiger partial charge in [0, 0.05) is 18.7 Å². The predicted molar refractivity (Wildman–Crippen MR) is 77.6 cm³/mol. The minimum Gasteiger partial charge on any atom is -0.451 e. The highest BCUT2D eigenvalue weighted by Gasteiger charge is 2.11. The number of aryl methyl sites for hydroxylation is 1. The maximum absolute atomic E-state index is 11.8. The van der Waals surface area contributed by atoms with E-state index in [1.54, 1.807) is 12.1 Å². The summed E-state index contributed by atoms with van der Waals surface area (Å²) in [5.74, 6) is 0.715. The van der Waals surface area contributed by atoms with E-state index >= 15 is 0 Å². The molecule has 0 radical (unpaired) electrons. The molecule has 0 saturated carbocycles. The largest absolute Gasteiger partial charge is 0.451 e. The van der Waals surface area contributed by atoms with Crippen molar-refractivity contribution >= 4 is 5.91 Å². The summed E-state index contributed by atoms with van der Waals surface area (Å²) in [5.41, 5.74) is 2.22. The Balaban J connectivity index is 2.05. The van der Waals surface area contributed by atoms with Gasteiger partial charge < -0.3 is 14.8 Å². The summed E-state index contributed by atoms with van der Waals surface area (Å²) in [6, 6.07) is 11.5. The van der Waals surface area contributed by atoms with E-state index in [-0.39, 0.29) is 18.3 Å². The molecule has 0 aliphatic rings. The lowest BCUT2D eigenvalue weighted by Crippen LogP contribution is -2.24. The molecule has 1 heterocycles. The number of furan rings is 1. The Morgan fingerprint density at radius 2 is 1.95 bits per heavy atom. The van der Waals surface area contributed by atoms with Gasteiger partial charge in [0.2, 0.25) is 0 Å². The Kier molecular flexibility index (Phi) is 4.96. The molecule has 1 aromatic carbocycles. The summed E-state index contributed by atoms with van der Waals surface area (Å²) < 4.78 is 5.56. The fourth-order valence-electron chi connectivity index (χ4n) is 1.89. The van der Waals surface area contributed by atoms with Gasteiger partial charge in [0.15, 0.2) is 5.76 Å². The molecule has 106 valence electrons. The summed E-state index contributed by atoms with van der Waals surface area (Å²) in [7, 11) is 0. The number of nitrogens with one attached hydrogen (secondary N) is 1. The third kappa shape index (κ3) is 3.48. The monoisotopic (exact) mass is 273 g/mol. The van der Waals surface area contributed by atoms with E-state index in [9.17, 15) is 4.79 Å². The molecule has 4 nitrogen and oxygen atoms in total. The molecular formula is C16H19NO3. The normalized spacial score (nSPS) is 10.5. The van der Waals surface area contributed by atoms with Crippen LogP contribution in [-0.2, 0) is 6.42 Å². The first-order chi connectivity index (χ1) is 9.74. The van der Waals surface area contributed by atoms with Gasteiger partial charge >= 0.3 is 0 Å². The quantitative estimate of drug-likeness (QED) is 0.795. The van der Waals surface area contributed by atoms with Crippen LogP contribution in [-0.4, -0.2) is 24.2 Å². The number of aliphatic hydroxyl groups is 1.